The number of carbonyl (C=O) groups is 3. The number of hydrogen-bond acceptors (Lipinski definition) is 7. The van der Waals surface area contributed by atoms with Gasteiger partial charge in [0.1, 0.15) is 0 Å². The zero-order valence-electron chi connectivity index (χ0n) is 18.1. The minimum Gasteiger partial charge on any atom is -0.504 e. The topological polar surface area (TPSA) is 145 Å². The number of aliphatic carboxylic acids is 2. The largest absolute Gasteiger partial charge is 0.504 e. The van der Waals surface area contributed by atoms with Crippen molar-refractivity contribution in [3.8, 4) is 11.5 Å². The van der Waals surface area contributed by atoms with Gasteiger partial charge in [-0.15, -0.1) is 0 Å². The molecule has 0 unspecified atom stereocenters. The molecule has 0 radical (unpaired) electrons. The van der Waals surface area contributed by atoms with Crippen LogP contribution in [0.25, 0.3) is 0 Å². The summed E-state index contributed by atoms with van der Waals surface area (Å²) in [7, 11) is 0. The third kappa shape index (κ3) is 3.25. The highest BCUT2D eigenvalue weighted by atomic mass is 16.5. The van der Waals surface area contributed by atoms with E-state index in [1.54, 1.807) is 6.07 Å². The Kier molecular flexibility index (Phi) is 5.02. The van der Waals surface area contributed by atoms with E-state index >= 15 is 0 Å². The second kappa shape index (κ2) is 7.56. The van der Waals surface area contributed by atoms with Crippen LogP contribution in [0.1, 0.15) is 43.2 Å². The Balaban J connectivity index is 0.000000249. The van der Waals surface area contributed by atoms with Crippen LogP contribution in [-0.4, -0.2) is 73.9 Å². The number of Topliss-reactive ketones (excluding diaryl/α,β-unsaturated/α-hetero) is 1. The number of nitrogens with zero attached hydrogens (tertiary/aromatic N) is 1. The molecule has 6 rings (SSSR count). The van der Waals surface area contributed by atoms with E-state index in [1.165, 1.54) is 12.8 Å². The van der Waals surface area contributed by atoms with Crippen molar-refractivity contribution >= 4 is 17.7 Å². The average Bonchev–Trinajstić information content (AvgIpc) is 3.50. The van der Waals surface area contributed by atoms with Crippen molar-refractivity contribution in [3.05, 3.63) is 35.4 Å². The number of ketones is 1. The summed E-state index contributed by atoms with van der Waals surface area (Å²) in [4.78, 5) is 34.3. The van der Waals surface area contributed by atoms with Gasteiger partial charge in [-0.3, -0.25) is 9.69 Å². The number of aliphatic hydroxyl groups is 1. The number of hydrogen-bond donors (Lipinski definition) is 4. The molecule has 2 saturated carbocycles. The van der Waals surface area contributed by atoms with Gasteiger partial charge in [-0.25, -0.2) is 9.59 Å². The van der Waals surface area contributed by atoms with E-state index in [-0.39, 0.29) is 17.6 Å². The zero-order chi connectivity index (χ0) is 23.5. The van der Waals surface area contributed by atoms with Crippen LogP contribution in [0.2, 0.25) is 0 Å². The van der Waals surface area contributed by atoms with E-state index in [0.29, 0.717) is 30.7 Å². The number of ether oxygens (including phenoxy) is 1. The number of phenols is 1. The van der Waals surface area contributed by atoms with Gasteiger partial charge in [-0.2, -0.15) is 0 Å². The first-order chi connectivity index (χ1) is 15.7. The minimum atomic E-state index is -1.26. The molecule has 3 fully saturated rings. The lowest BCUT2D eigenvalue weighted by molar-refractivity contribution is -0.188. The van der Waals surface area contributed by atoms with Gasteiger partial charge >= 0.3 is 11.9 Å². The van der Waals surface area contributed by atoms with Crippen LogP contribution in [0, 0.1) is 5.92 Å². The molecule has 0 amide bonds. The van der Waals surface area contributed by atoms with Crippen molar-refractivity contribution in [2.24, 2.45) is 5.92 Å². The van der Waals surface area contributed by atoms with Crippen LogP contribution in [-0.2, 0) is 26.2 Å². The highest BCUT2D eigenvalue weighted by Crippen LogP contribution is 2.64. The van der Waals surface area contributed by atoms with E-state index in [4.69, 9.17) is 14.9 Å². The lowest BCUT2D eigenvalue weighted by Gasteiger charge is -2.62. The molecule has 4 atom stereocenters. The molecule has 33 heavy (non-hydrogen) atoms. The fraction of sp³-hybridized carbons (Fsp3) is 0.542. The Morgan fingerprint density at radius 3 is 2.48 bits per heavy atom. The monoisotopic (exact) mass is 457 g/mol. The predicted molar refractivity (Wildman–Crippen MR) is 114 cm³/mol. The molecule has 5 aliphatic rings. The number of carboxylic acids is 2. The number of carboxylic acid groups (broad SMARTS) is 2. The Morgan fingerprint density at radius 1 is 1.15 bits per heavy atom. The van der Waals surface area contributed by atoms with Crippen LogP contribution in [0.15, 0.2) is 24.3 Å². The molecule has 1 saturated heterocycles. The molecule has 1 spiro atoms. The third-order valence-corrected chi connectivity index (χ3v) is 7.93. The SMILES string of the molecule is O=C(O)/C=C\C(=O)O.O=C1CC[C@@]2(O)[C@H]3Cc4ccc(O)c5c4[C@@]2(CCN3CC2CC2)[C@H]1O5. The van der Waals surface area contributed by atoms with Crippen LogP contribution >= 0.6 is 0 Å². The smallest absolute Gasteiger partial charge is 0.328 e. The summed E-state index contributed by atoms with van der Waals surface area (Å²) in [5, 5.41) is 37.9. The maximum absolute atomic E-state index is 12.7. The summed E-state index contributed by atoms with van der Waals surface area (Å²) < 4.78 is 6.04. The number of carbonyl (C=O) groups excluding carboxylic acids is 1. The predicted octanol–water partition coefficient (Wildman–Crippen LogP) is 1.24. The highest BCUT2D eigenvalue weighted by Gasteiger charge is 2.73. The van der Waals surface area contributed by atoms with Crippen molar-refractivity contribution in [2.75, 3.05) is 13.1 Å². The molecule has 3 aliphatic carbocycles. The lowest BCUT2D eigenvalue weighted by atomic mass is 9.49. The number of rotatable bonds is 4. The summed E-state index contributed by atoms with van der Waals surface area (Å²) in [5.74, 6) is -1.13. The van der Waals surface area contributed by atoms with Gasteiger partial charge in [0.25, 0.3) is 0 Å². The molecular weight excluding hydrogens is 430 g/mol. The summed E-state index contributed by atoms with van der Waals surface area (Å²) in [5.41, 5.74) is 0.454. The van der Waals surface area contributed by atoms with Gasteiger partial charge < -0.3 is 25.2 Å². The summed E-state index contributed by atoms with van der Waals surface area (Å²) >= 11 is 0. The van der Waals surface area contributed by atoms with Gasteiger partial charge in [-0.05, 0) is 56.2 Å². The van der Waals surface area contributed by atoms with Gasteiger partial charge in [-0.1, -0.05) is 6.07 Å². The van der Waals surface area contributed by atoms with E-state index in [1.807, 2.05) is 6.07 Å². The Morgan fingerprint density at radius 2 is 1.85 bits per heavy atom. The second-order valence-electron chi connectivity index (χ2n) is 9.73. The summed E-state index contributed by atoms with van der Waals surface area (Å²) in [6.45, 7) is 1.95. The molecule has 9 heteroatoms. The quantitative estimate of drug-likeness (QED) is 0.491. The standard InChI is InChI=1S/C20H23NO4.C4H4O4/c22-13-4-3-12-9-15-20(24)6-5-14(23)18-19(20,16(12)17(13)25-18)7-8-21(15)10-11-1-2-11;5-3(6)1-2-4(7)8/h3-4,11,15,18,22,24H,1-2,5-10H2;1-2H,(H,5,6)(H,7,8)/b;2-1-/t15-,18+,19+,20-;/m1./s1. The molecule has 4 N–H and O–H groups in total. The van der Waals surface area contributed by atoms with Crippen LogP contribution in [0.5, 0.6) is 11.5 Å². The second-order valence-corrected chi connectivity index (χ2v) is 9.73. The molecule has 9 nitrogen and oxygen atoms in total. The normalized spacial score (nSPS) is 33.7. The van der Waals surface area contributed by atoms with Crippen LogP contribution in [0.3, 0.4) is 0 Å². The fourth-order valence-corrected chi connectivity index (χ4v) is 6.41. The molecule has 1 aromatic carbocycles. The highest BCUT2D eigenvalue weighted by molar-refractivity contribution is 5.90. The first kappa shape index (κ1) is 21.9. The molecular formula is C24H27NO8. The first-order valence-corrected chi connectivity index (χ1v) is 11.3. The number of piperidine rings is 1. The van der Waals surface area contributed by atoms with E-state index in [0.717, 1.165) is 43.0 Å². The molecule has 2 aliphatic heterocycles. The van der Waals surface area contributed by atoms with Crippen molar-refractivity contribution in [2.45, 2.75) is 61.7 Å². The Bertz CT molecular complexity index is 1050. The van der Waals surface area contributed by atoms with Crippen molar-refractivity contribution in [1.82, 2.24) is 4.90 Å². The number of aromatic hydroxyl groups is 1. The maximum Gasteiger partial charge on any atom is 0.328 e. The fourth-order valence-electron chi connectivity index (χ4n) is 6.41. The van der Waals surface area contributed by atoms with E-state index in [2.05, 4.69) is 4.90 Å². The summed E-state index contributed by atoms with van der Waals surface area (Å²) in [6, 6.07) is 3.69. The molecule has 1 aromatic rings. The third-order valence-electron chi connectivity index (χ3n) is 7.93. The van der Waals surface area contributed by atoms with Gasteiger partial charge in [0.15, 0.2) is 23.4 Å². The molecule has 0 aromatic heterocycles. The van der Waals surface area contributed by atoms with Crippen molar-refractivity contribution in [1.29, 1.82) is 0 Å². The van der Waals surface area contributed by atoms with E-state index < -0.39 is 29.1 Å². The Labute approximate surface area is 190 Å². The molecule has 2 bridgehead atoms. The summed E-state index contributed by atoms with van der Waals surface area (Å²) in [6.07, 6.45) is 5.44. The number of phenolic OH excluding ortho intramolecular Hbond substituents is 1. The first-order valence-electron chi connectivity index (χ1n) is 11.3. The lowest BCUT2D eigenvalue weighted by Crippen LogP contribution is -2.76. The maximum atomic E-state index is 12.7. The van der Waals surface area contributed by atoms with E-state index in [9.17, 15) is 24.6 Å². The Hall–Kier alpha value is -2.91. The molecule has 176 valence electrons. The minimum absolute atomic E-state index is 0.0454. The van der Waals surface area contributed by atoms with Gasteiger partial charge in [0.05, 0.1) is 11.0 Å². The number of likely N-dealkylation sites (tertiary alicyclic amines) is 1. The van der Waals surface area contributed by atoms with Crippen LogP contribution in [0.4, 0.5) is 0 Å². The van der Waals surface area contributed by atoms with Gasteiger partial charge in [0.2, 0.25) is 0 Å². The average molecular weight is 457 g/mol. The molecule has 2 heterocycles. The van der Waals surface area contributed by atoms with Gasteiger partial charge in [0, 0.05) is 36.7 Å². The number of benzene rings is 1. The van der Waals surface area contributed by atoms with Crippen LogP contribution < -0.4 is 4.74 Å². The van der Waals surface area contributed by atoms with Crippen molar-refractivity contribution in [3.63, 3.8) is 0 Å². The zero-order valence-corrected chi connectivity index (χ0v) is 18.1. The van der Waals surface area contributed by atoms with Crippen molar-refractivity contribution < 1.29 is 39.5 Å².